The molecule has 0 spiro atoms. The van der Waals surface area contributed by atoms with Gasteiger partial charge in [-0.1, -0.05) is 36.4 Å². The molecule has 0 aliphatic carbocycles. The molecular formula is C17H21NO4S. The number of aryl methyl sites for hydroxylation is 1. The van der Waals surface area contributed by atoms with E-state index >= 15 is 0 Å². The highest BCUT2D eigenvalue weighted by Gasteiger charge is 2.47. The summed E-state index contributed by atoms with van der Waals surface area (Å²) < 4.78 is 31.7. The van der Waals surface area contributed by atoms with E-state index in [2.05, 4.69) is 13.2 Å². The first-order chi connectivity index (χ1) is 10.6. The maximum absolute atomic E-state index is 12.9. The van der Waals surface area contributed by atoms with Crippen LogP contribution in [0.5, 0.6) is 0 Å². The van der Waals surface area contributed by atoms with E-state index < -0.39 is 28.3 Å². The van der Waals surface area contributed by atoms with Gasteiger partial charge in [-0.05, 0) is 44.9 Å². The molecule has 0 N–H and O–H groups in total. The van der Waals surface area contributed by atoms with Crippen LogP contribution < -0.4 is 0 Å². The third kappa shape index (κ3) is 3.32. The number of allylic oxidation sites excluding steroid dienone is 1. The first-order valence-electron chi connectivity index (χ1n) is 7.28. The smallest absolute Gasteiger partial charge is 0.424 e. The van der Waals surface area contributed by atoms with Crippen molar-refractivity contribution in [3.8, 4) is 0 Å². The number of cyclic esters (lactones) is 1. The average molecular weight is 335 g/mol. The van der Waals surface area contributed by atoms with Crippen LogP contribution in [0.4, 0.5) is 4.79 Å². The lowest BCUT2D eigenvalue weighted by atomic mass is 9.99. The van der Waals surface area contributed by atoms with Crippen LogP contribution in [0.2, 0.25) is 0 Å². The summed E-state index contributed by atoms with van der Waals surface area (Å²) in [4.78, 5) is 12.2. The first kappa shape index (κ1) is 17.3. The summed E-state index contributed by atoms with van der Waals surface area (Å²) in [5.41, 5.74) is 2.37. The van der Waals surface area contributed by atoms with Crippen molar-refractivity contribution in [1.82, 2.24) is 4.31 Å². The van der Waals surface area contributed by atoms with Crippen LogP contribution in [0.25, 0.3) is 0 Å². The predicted molar refractivity (Wildman–Crippen MR) is 88.5 cm³/mol. The van der Waals surface area contributed by atoms with Gasteiger partial charge in [-0.15, -0.1) is 0 Å². The monoisotopic (exact) mass is 335 g/mol. The maximum Gasteiger partial charge on any atom is 0.424 e. The van der Waals surface area contributed by atoms with E-state index in [4.69, 9.17) is 4.74 Å². The Bertz CT molecular complexity index is 749. The van der Waals surface area contributed by atoms with Crippen LogP contribution in [0.1, 0.15) is 25.8 Å². The van der Waals surface area contributed by atoms with Gasteiger partial charge >= 0.3 is 6.09 Å². The van der Waals surface area contributed by atoms with E-state index in [1.54, 1.807) is 19.1 Å². The Balaban J connectivity index is 2.44. The molecule has 1 aliphatic rings. The molecule has 1 fully saturated rings. The average Bonchev–Trinajstić information content (AvgIpc) is 2.73. The molecule has 2 atom stereocenters. The Hall–Kier alpha value is -2.08. The fraction of sp³-hybridized carbons (Fsp3) is 0.353. The molecule has 0 unspecified atom stereocenters. The third-order valence-corrected chi connectivity index (χ3v) is 5.45. The van der Waals surface area contributed by atoms with Gasteiger partial charge in [0.05, 0.1) is 4.90 Å². The number of carbonyl (C=O) groups is 1. The highest BCUT2D eigenvalue weighted by molar-refractivity contribution is 7.89. The van der Waals surface area contributed by atoms with Crippen molar-refractivity contribution in [2.45, 2.75) is 44.2 Å². The lowest BCUT2D eigenvalue weighted by Gasteiger charge is -2.25. The summed E-state index contributed by atoms with van der Waals surface area (Å²) in [6.45, 7) is 13.1. The molecule has 23 heavy (non-hydrogen) atoms. The second kappa shape index (κ2) is 6.20. The van der Waals surface area contributed by atoms with Gasteiger partial charge in [0.2, 0.25) is 0 Å². The molecule has 1 aromatic rings. The van der Waals surface area contributed by atoms with Crippen molar-refractivity contribution >= 4 is 16.1 Å². The second-order valence-corrected chi connectivity index (χ2v) is 7.75. The number of benzene rings is 1. The van der Waals surface area contributed by atoms with E-state index in [0.29, 0.717) is 12.0 Å². The Labute approximate surface area is 137 Å². The fourth-order valence-electron chi connectivity index (χ4n) is 2.64. The third-order valence-electron chi connectivity index (χ3n) is 3.69. The fourth-order valence-corrected chi connectivity index (χ4v) is 4.21. The second-order valence-electron chi connectivity index (χ2n) is 5.94. The lowest BCUT2D eigenvalue weighted by molar-refractivity contribution is 0.141. The van der Waals surface area contributed by atoms with Crippen LogP contribution in [-0.2, 0) is 14.8 Å². The number of sulfonamides is 1. The molecule has 0 aromatic heterocycles. The van der Waals surface area contributed by atoms with Gasteiger partial charge in [-0.25, -0.2) is 13.2 Å². The van der Waals surface area contributed by atoms with Gasteiger partial charge < -0.3 is 4.74 Å². The van der Waals surface area contributed by atoms with Crippen molar-refractivity contribution in [3.05, 3.63) is 54.1 Å². The maximum atomic E-state index is 12.9. The van der Waals surface area contributed by atoms with E-state index in [9.17, 15) is 13.2 Å². The first-order valence-corrected chi connectivity index (χ1v) is 8.72. The van der Waals surface area contributed by atoms with Crippen LogP contribution in [0, 0.1) is 6.92 Å². The summed E-state index contributed by atoms with van der Waals surface area (Å²) in [7, 11) is -4.00. The number of hydrogen-bond donors (Lipinski definition) is 0. The summed E-state index contributed by atoms with van der Waals surface area (Å²) >= 11 is 0. The number of rotatable bonds is 5. The largest absolute Gasteiger partial charge is 0.443 e. The quantitative estimate of drug-likeness (QED) is 0.774. The SMILES string of the molecule is C=C(C)CC(=C)[C@H]1[C@H](C)OC(=O)N1S(=O)(=O)c1ccc(C)cc1. The predicted octanol–water partition coefficient (Wildman–Crippen LogP) is 3.42. The van der Waals surface area contributed by atoms with Crippen LogP contribution in [-0.4, -0.2) is 31.0 Å². The Morgan fingerprint density at radius 2 is 1.83 bits per heavy atom. The summed E-state index contributed by atoms with van der Waals surface area (Å²) in [5, 5.41) is 0. The lowest BCUT2D eigenvalue weighted by Crippen LogP contribution is -2.41. The molecule has 0 radical (unpaired) electrons. The summed E-state index contributed by atoms with van der Waals surface area (Å²) in [6.07, 6.45) is -1.02. The molecule has 1 aliphatic heterocycles. The van der Waals surface area contributed by atoms with Crippen molar-refractivity contribution in [3.63, 3.8) is 0 Å². The van der Waals surface area contributed by atoms with Crippen molar-refractivity contribution < 1.29 is 17.9 Å². The molecule has 0 saturated carbocycles. The highest BCUT2D eigenvalue weighted by Crippen LogP contribution is 2.32. The zero-order valence-electron chi connectivity index (χ0n) is 13.6. The topological polar surface area (TPSA) is 63.7 Å². The van der Waals surface area contributed by atoms with Crippen LogP contribution in [0.3, 0.4) is 0 Å². The Kier molecular flexibility index (Phi) is 4.66. The van der Waals surface area contributed by atoms with Crippen molar-refractivity contribution in [2.75, 3.05) is 0 Å². The van der Waals surface area contributed by atoms with Gasteiger partial charge in [0, 0.05) is 0 Å². The zero-order chi connectivity index (χ0) is 17.4. The van der Waals surface area contributed by atoms with Crippen LogP contribution >= 0.6 is 0 Å². The van der Waals surface area contributed by atoms with E-state index in [1.165, 1.54) is 12.1 Å². The molecule has 1 aromatic carbocycles. The number of carbonyl (C=O) groups excluding carboxylic acids is 1. The molecule has 2 rings (SSSR count). The highest BCUT2D eigenvalue weighted by atomic mass is 32.2. The van der Waals surface area contributed by atoms with E-state index in [-0.39, 0.29) is 4.90 Å². The molecule has 0 bridgehead atoms. The minimum atomic E-state index is -4.00. The Morgan fingerprint density at radius 1 is 1.26 bits per heavy atom. The van der Waals surface area contributed by atoms with E-state index in [1.807, 2.05) is 13.8 Å². The van der Waals surface area contributed by atoms with Gasteiger partial charge in [-0.2, -0.15) is 4.31 Å². The molecule has 1 heterocycles. The number of nitrogens with zero attached hydrogens (tertiary/aromatic N) is 1. The van der Waals surface area contributed by atoms with Crippen molar-refractivity contribution in [2.24, 2.45) is 0 Å². The normalized spacial score (nSPS) is 21.2. The van der Waals surface area contributed by atoms with Gasteiger partial charge in [-0.3, -0.25) is 0 Å². The Morgan fingerprint density at radius 3 is 2.35 bits per heavy atom. The molecular weight excluding hydrogens is 314 g/mol. The summed E-state index contributed by atoms with van der Waals surface area (Å²) in [6, 6.07) is 5.62. The molecule has 5 nitrogen and oxygen atoms in total. The van der Waals surface area contributed by atoms with Crippen LogP contribution in [0.15, 0.2) is 53.5 Å². The molecule has 124 valence electrons. The minimum Gasteiger partial charge on any atom is -0.443 e. The number of ether oxygens (including phenoxy) is 1. The molecule has 1 saturated heterocycles. The molecule has 6 heteroatoms. The van der Waals surface area contributed by atoms with Gasteiger partial charge in [0.15, 0.2) is 0 Å². The van der Waals surface area contributed by atoms with E-state index in [0.717, 1.165) is 15.4 Å². The van der Waals surface area contributed by atoms with Crippen molar-refractivity contribution in [1.29, 1.82) is 0 Å². The number of amides is 1. The number of hydrogen-bond acceptors (Lipinski definition) is 4. The standard InChI is InChI=1S/C17H21NO4S/c1-11(2)10-13(4)16-14(5)22-17(19)18(16)23(20,21)15-8-6-12(3)7-9-15/h6-9,14,16H,1,4,10H2,2-3,5H3/t14-,16-/m0/s1. The van der Waals surface area contributed by atoms with Gasteiger partial charge in [0.25, 0.3) is 10.0 Å². The zero-order valence-corrected chi connectivity index (χ0v) is 14.4. The summed E-state index contributed by atoms with van der Waals surface area (Å²) in [5.74, 6) is 0. The minimum absolute atomic E-state index is 0.0577. The molecule has 1 amide bonds. The van der Waals surface area contributed by atoms with Gasteiger partial charge in [0.1, 0.15) is 12.1 Å².